The van der Waals surface area contributed by atoms with Crippen molar-refractivity contribution in [2.45, 2.75) is 0 Å². The largest absolute Gasteiger partial charge is 0.500 e. The van der Waals surface area contributed by atoms with E-state index in [1.165, 1.54) is 0 Å². The van der Waals surface area contributed by atoms with Crippen molar-refractivity contribution in [3.63, 3.8) is 0 Å². The summed E-state index contributed by atoms with van der Waals surface area (Å²) in [6.07, 6.45) is 5.51. The van der Waals surface area contributed by atoms with Crippen LogP contribution in [0.25, 0.3) is 55.7 Å². The van der Waals surface area contributed by atoms with Crippen LogP contribution in [-0.2, 0) is 20.1 Å². The van der Waals surface area contributed by atoms with Crippen LogP contribution in [0.5, 0.6) is 0 Å². The third-order valence-electron chi connectivity index (χ3n) is 6.83. The molecule has 4 aromatic heterocycles. The van der Waals surface area contributed by atoms with Gasteiger partial charge in [0.25, 0.3) is 0 Å². The zero-order valence-corrected chi connectivity index (χ0v) is 26.7. The van der Waals surface area contributed by atoms with Crippen LogP contribution in [-0.4, -0.2) is 9.97 Å². The van der Waals surface area contributed by atoms with Crippen molar-refractivity contribution in [3.05, 3.63) is 183 Å². The zero-order valence-electron chi connectivity index (χ0n) is 24.3. The van der Waals surface area contributed by atoms with Gasteiger partial charge in [-0.3, -0.25) is 0 Å². The van der Waals surface area contributed by atoms with Crippen LogP contribution in [0.2, 0.25) is 0 Å². The molecular weight excluding hydrogens is 731 g/mol. The molecule has 4 nitrogen and oxygen atoms in total. The van der Waals surface area contributed by atoms with E-state index in [9.17, 15) is 0 Å². The molecule has 0 aliphatic carbocycles. The Hall–Kier alpha value is -5.35. The van der Waals surface area contributed by atoms with E-state index in [1.54, 1.807) is 12.4 Å². The molecule has 8 aromatic rings. The van der Waals surface area contributed by atoms with E-state index in [0.717, 1.165) is 55.7 Å². The minimum absolute atomic E-state index is 0. The summed E-state index contributed by atoms with van der Waals surface area (Å²) in [7, 11) is 3.89. The topological polar surface area (TPSA) is 42.8 Å². The van der Waals surface area contributed by atoms with Gasteiger partial charge in [0, 0.05) is 44.9 Å². The maximum atomic E-state index is 5.79. The average molecular weight is 759 g/mol. The first-order valence-corrected chi connectivity index (χ1v) is 14.2. The first-order valence-electron chi connectivity index (χ1n) is 14.2. The SMILES string of the molecule is [CH2-][n+]1ccccc1-c1[c-]cccc1.[Ir].[c-]1cc2oc3ccccc3c2cc1-c1ccccn1.[c-]1ccccc1-c1ccccn1. The van der Waals surface area contributed by atoms with Gasteiger partial charge in [-0.05, 0) is 35.7 Å². The second-order valence-corrected chi connectivity index (χ2v) is 9.76. The van der Waals surface area contributed by atoms with E-state index in [-0.39, 0.29) is 20.1 Å². The Kier molecular flexibility index (Phi) is 10.6. The molecule has 0 saturated carbocycles. The number of para-hydroxylation sites is 1. The molecule has 0 spiro atoms. The maximum absolute atomic E-state index is 5.79. The smallest absolute Gasteiger partial charge is 0.120 e. The van der Waals surface area contributed by atoms with Crippen molar-refractivity contribution < 1.29 is 29.1 Å². The van der Waals surface area contributed by atoms with E-state index in [2.05, 4.69) is 47.3 Å². The molecule has 8 rings (SSSR count). The number of fused-ring (bicyclic) bond motifs is 3. The van der Waals surface area contributed by atoms with Gasteiger partial charge >= 0.3 is 0 Å². The van der Waals surface area contributed by atoms with Crippen LogP contribution in [0, 0.1) is 25.2 Å². The van der Waals surface area contributed by atoms with Gasteiger partial charge in [-0.2, -0.15) is 0 Å². The van der Waals surface area contributed by atoms with Gasteiger partial charge in [-0.15, -0.1) is 90.0 Å². The Labute approximate surface area is 277 Å². The summed E-state index contributed by atoms with van der Waals surface area (Å²) in [4.78, 5) is 8.58. The molecule has 0 N–H and O–H groups in total. The van der Waals surface area contributed by atoms with Crippen LogP contribution < -0.4 is 4.57 Å². The van der Waals surface area contributed by atoms with Crippen molar-refractivity contribution in [2.24, 2.45) is 0 Å². The van der Waals surface area contributed by atoms with E-state index in [0.29, 0.717) is 0 Å². The van der Waals surface area contributed by atoms with E-state index < -0.39 is 0 Å². The van der Waals surface area contributed by atoms with E-state index in [1.807, 2.05) is 138 Å². The van der Waals surface area contributed by atoms with E-state index >= 15 is 0 Å². The number of aromatic nitrogens is 3. The summed E-state index contributed by atoms with van der Waals surface area (Å²) in [6, 6.07) is 55.0. The standard InChI is InChI=1S/C17H10NO.C12H10N.C11H8N.Ir/c1-2-7-16-13(5-1)14-11-12(8-9-17(14)19-16)15-6-3-4-10-18-15;1-13-10-6-5-9-12(13)11-7-3-2-4-8-11;1-2-6-10(7-3-1)11-8-4-5-9-12-11;/h1-7,9-11H;2-7,9-10H,1H2;1-6,8-9H;/q3*-1;. The van der Waals surface area contributed by atoms with Gasteiger partial charge in [-0.1, -0.05) is 65.5 Å². The Bertz CT molecular complexity index is 2030. The summed E-state index contributed by atoms with van der Waals surface area (Å²) in [5, 5.41) is 2.23. The Balaban J connectivity index is 0.000000137. The summed E-state index contributed by atoms with van der Waals surface area (Å²) >= 11 is 0. The normalized spacial score (nSPS) is 10.1. The van der Waals surface area contributed by atoms with Crippen molar-refractivity contribution in [1.29, 1.82) is 0 Å². The Morgan fingerprint density at radius 1 is 0.556 bits per heavy atom. The van der Waals surface area contributed by atoms with Gasteiger partial charge in [0.1, 0.15) is 11.3 Å². The Morgan fingerprint density at radius 2 is 1.18 bits per heavy atom. The van der Waals surface area contributed by atoms with Gasteiger partial charge in [0.05, 0.1) is 11.8 Å². The molecule has 0 unspecified atom stereocenters. The van der Waals surface area contributed by atoms with Crippen molar-refractivity contribution >= 4 is 21.9 Å². The summed E-state index contributed by atoms with van der Waals surface area (Å²) < 4.78 is 7.63. The van der Waals surface area contributed by atoms with Gasteiger partial charge in [-0.25, -0.2) is 0 Å². The van der Waals surface area contributed by atoms with Gasteiger partial charge in [0.2, 0.25) is 0 Å². The summed E-state index contributed by atoms with van der Waals surface area (Å²) in [6.45, 7) is 0. The molecular formula is C40H28IrN3O-3. The molecule has 45 heavy (non-hydrogen) atoms. The average Bonchev–Trinajstić information content (AvgIpc) is 3.49. The predicted octanol–water partition coefficient (Wildman–Crippen LogP) is 9.08. The number of benzene rings is 4. The fourth-order valence-electron chi connectivity index (χ4n) is 4.69. The first-order chi connectivity index (χ1) is 21.8. The summed E-state index contributed by atoms with van der Waals surface area (Å²) in [5.74, 6) is 0. The molecule has 221 valence electrons. The zero-order chi connectivity index (χ0) is 30.0. The fraction of sp³-hybridized carbons (Fsp3) is 0. The molecule has 0 fully saturated rings. The number of hydrogen-bond donors (Lipinski definition) is 0. The van der Waals surface area contributed by atoms with Crippen LogP contribution in [0.1, 0.15) is 0 Å². The monoisotopic (exact) mass is 759 g/mol. The molecule has 0 amide bonds. The predicted molar refractivity (Wildman–Crippen MR) is 176 cm³/mol. The van der Waals surface area contributed by atoms with Crippen molar-refractivity contribution in [3.8, 4) is 33.8 Å². The summed E-state index contributed by atoms with van der Waals surface area (Å²) in [5.41, 5.74) is 7.83. The molecule has 0 aliphatic rings. The number of pyridine rings is 3. The third-order valence-corrected chi connectivity index (χ3v) is 6.83. The minimum atomic E-state index is 0. The van der Waals surface area contributed by atoms with Crippen LogP contribution in [0.15, 0.2) is 163 Å². The van der Waals surface area contributed by atoms with Gasteiger partial charge in [0.15, 0.2) is 0 Å². The third kappa shape index (κ3) is 7.79. The number of nitrogens with zero attached hydrogens (tertiary/aromatic N) is 3. The molecule has 1 radical (unpaired) electrons. The number of hydrogen-bond acceptors (Lipinski definition) is 3. The molecule has 0 atom stereocenters. The first kappa shape index (κ1) is 31.1. The second kappa shape index (κ2) is 15.4. The van der Waals surface area contributed by atoms with Gasteiger partial charge < -0.3 is 19.0 Å². The number of furan rings is 1. The molecule has 4 aromatic carbocycles. The second-order valence-electron chi connectivity index (χ2n) is 9.76. The molecule has 0 saturated heterocycles. The Morgan fingerprint density at radius 3 is 1.82 bits per heavy atom. The fourth-order valence-corrected chi connectivity index (χ4v) is 4.69. The van der Waals surface area contributed by atoms with Crippen molar-refractivity contribution in [1.82, 2.24) is 9.97 Å². The molecule has 0 aliphatic heterocycles. The minimum Gasteiger partial charge on any atom is -0.500 e. The van der Waals surface area contributed by atoms with Crippen molar-refractivity contribution in [2.75, 3.05) is 0 Å². The molecule has 5 heteroatoms. The van der Waals surface area contributed by atoms with Crippen LogP contribution in [0.4, 0.5) is 0 Å². The quantitative estimate of drug-likeness (QED) is 0.134. The molecule has 0 bridgehead atoms. The van der Waals surface area contributed by atoms with E-state index in [4.69, 9.17) is 4.42 Å². The van der Waals surface area contributed by atoms with Crippen LogP contribution in [0.3, 0.4) is 0 Å². The molecule has 4 heterocycles. The number of rotatable bonds is 3. The van der Waals surface area contributed by atoms with Crippen LogP contribution >= 0.6 is 0 Å². The maximum Gasteiger partial charge on any atom is 0.120 e.